The number of hydrogen-bond donors (Lipinski definition) is 1. The van der Waals surface area contributed by atoms with Gasteiger partial charge in [0.2, 0.25) is 0 Å². The second-order valence-corrected chi connectivity index (χ2v) is 6.24. The molecule has 0 aliphatic carbocycles. The van der Waals surface area contributed by atoms with Crippen LogP contribution >= 0.6 is 11.6 Å². The summed E-state index contributed by atoms with van der Waals surface area (Å²) in [6.45, 7) is 0.0818. The van der Waals surface area contributed by atoms with Crippen molar-refractivity contribution in [2.75, 3.05) is 6.61 Å². The molecule has 0 bridgehead atoms. The lowest BCUT2D eigenvalue weighted by Crippen LogP contribution is -2.30. The Balaban J connectivity index is 1.65. The van der Waals surface area contributed by atoms with E-state index in [1.807, 2.05) is 0 Å². The van der Waals surface area contributed by atoms with Crippen LogP contribution in [0.15, 0.2) is 53.6 Å². The van der Waals surface area contributed by atoms with Gasteiger partial charge in [0.15, 0.2) is 0 Å². The number of hydrogen-bond acceptors (Lipinski definition) is 5. The lowest BCUT2D eigenvalue weighted by Gasteiger charge is -2.14. The van der Waals surface area contributed by atoms with Crippen molar-refractivity contribution in [3.63, 3.8) is 0 Å². The van der Waals surface area contributed by atoms with Crippen molar-refractivity contribution in [3.8, 4) is 11.8 Å². The average Bonchev–Trinajstić information content (AvgIpc) is 2.64. The summed E-state index contributed by atoms with van der Waals surface area (Å²) < 4.78 is 6.87. The molecule has 1 heterocycles. The molecular weight excluding hydrogens is 354 g/mol. The van der Waals surface area contributed by atoms with Gasteiger partial charge in [-0.3, -0.25) is 9.36 Å². The third-order valence-electron chi connectivity index (χ3n) is 3.84. The fourth-order valence-corrected chi connectivity index (χ4v) is 2.70. The summed E-state index contributed by atoms with van der Waals surface area (Å²) >= 11 is 5.93. The molecule has 0 unspecified atom stereocenters. The zero-order valence-corrected chi connectivity index (χ0v) is 14.6. The maximum Gasteiger partial charge on any atom is 0.261 e. The van der Waals surface area contributed by atoms with E-state index < -0.39 is 6.10 Å². The second-order valence-electron chi connectivity index (χ2n) is 5.81. The molecule has 0 radical (unpaired) electrons. The molecule has 2 aromatic carbocycles. The molecule has 0 amide bonds. The highest BCUT2D eigenvalue weighted by atomic mass is 35.5. The van der Waals surface area contributed by atoms with Crippen molar-refractivity contribution in [1.29, 1.82) is 5.26 Å². The molecular formula is C19H16ClN3O3. The van der Waals surface area contributed by atoms with E-state index in [9.17, 15) is 9.90 Å². The molecule has 1 aromatic heterocycles. The maximum atomic E-state index is 12.5. The predicted molar refractivity (Wildman–Crippen MR) is 98.3 cm³/mol. The smallest absolute Gasteiger partial charge is 0.261 e. The summed E-state index contributed by atoms with van der Waals surface area (Å²) in [5.41, 5.74) is 1.18. The van der Waals surface area contributed by atoms with Crippen molar-refractivity contribution in [1.82, 2.24) is 9.55 Å². The summed E-state index contributed by atoms with van der Waals surface area (Å²) in [5.74, 6) is 0.585. The molecule has 26 heavy (non-hydrogen) atoms. The Bertz CT molecular complexity index is 1010. The van der Waals surface area contributed by atoms with Gasteiger partial charge in [-0.1, -0.05) is 23.7 Å². The van der Waals surface area contributed by atoms with Crippen LogP contribution in [0.2, 0.25) is 5.02 Å². The third-order valence-corrected chi connectivity index (χ3v) is 4.08. The second kappa shape index (κ2) is 8.00. The van der Waals surface area contributed by atoms with Crippen LogP contribution in [-0.4, -0.2) is 27.4 Å². The third kappa shape index (κ3) is 4.20. The molecule has 0 saturated carbocycles. The maximum absolute atomic E-state index is 12.5. The molecule has 0 aliphatic rings. The number of ether oxygens (including phenoxy) is 1. The van der Waals surface area contributed by atoms with E-state index >= 15 is 0 Å². The van der Waals surface area contributed by atoms with E-state index in [-0.39, 0.29) is 18.7 Å². The summed E-state index contributed by atoms with van der Waals surface area (Å²) in [6.07, 6.45) is 0.855. The van der Waals surface area contributed by atoms with E-state index in [0.717, 1.165) is 5.56 Å². The first-order valence-electron chi connectivity index (χ1n) is 7.98. The van der Waals surface area contributed by atoms with Gasteiger partial charge >= 0.3 is 0 Å². The Morgan fingerprint density at radius 2 is 2.04 bits per heavy atom. The van der Waals surface area contributed by atoms with E-state index in [1.54, 1.807) is 42.5 Å². The highest BCUT2D eigenvalue weighted by molar-refractivity contribution is 6.31. The average molecular weight is 370 g/mol. The first kappa shape index (κ1) is 17.9. The van der Waals surface area contributed by atoms with Gasteiger partial charge in [-0.2, -0.15) is 5.26 Å². The van der Waals surface area contributed by atoms with Gasteiger partial charge in [0.1, 0.15) is 18.5 Å². The number of nitrogens with zero attached hydrogens (tertiary/aromatic N) is 3. The predicted octanol–water partition coefficient (Wildman–Crippen LogP) is 2.56. The Kier molecular flexibility index (Phi) is 5.52. The van der Waals surface area contributed by atoms with Gasteiger partial charge in [-0.05, 0) is 35.9 Å². The minimum atomic E-state index is -0.884. The van der Waals surface area contributed by atoms with Gasteiger partial charge in [0.25, 0.3) is 5.56 Å². The SMILES string of the molecule is N#CCc1ccc(OC[C@@H](O)Cn2cnc3ccc(Cl)cc3c2=O)cc1. The topological polar surface area (TPSA) is 88.1 Å². The fourth-order valence-electron chi connectivity index (χ4n) is 2.53. The molecule has 0 saturated heterocycles. The number of fused-ring (bicyclic) bond motifs is 1. The minimum absolute atomic E-state index is 0.0254. The van der Waals surface area contributed by atoms with Gasteiger partial charge in [-0.15, -0.1) is 0 Å². The first-order valence-corrected chi connectivity index (χ1v) is 8.36. The quantitative estimate of drug-likeness (QED) is 0.721. The lowest BCUT2D eigenvalue weighted by atomic mass is 10.2. The molecule has 0 spiro atoms. The van der Waals surface area contributed by atoms with Crippen molar-refractivity contribution >= 4 is 22.5 Å². The van der Waals surface area contributed by atoms with Crippen LogP contribution in [0.4, 0.5) is 0 Å². The molecule has 0 fully saturated rings. The van der Waals surface area contributed by atoms with Crippen LogP contribution in [0.5, 0.6) is 5.75 Å². The van der Waals surface area contributed by atoms with Gasteiger partial charge in [0.05, 0.1) is 36.3 Å². The van der Waals surface area contributed by atoms with E-state index in [1.165, 1.54) is 10.9 Å². The molecule has 3 aromatic rings. The Labute approximate surface area is 154 Å². The van der Waals surface area contributed by atoms with Crippen LogP contribution in [0, 0.1) is 11.3 Å². The Hall–Kier alpha value is -2.88. The highest BCUT2D eigenvalue weighted by Crippen LogP contribution is 2.15. The molecule has 3 rings (SSSR count). The zero-order valence-electron chi connectivity index (χ0n) is 13.8. The van der Waals surface area contributed by atoms with E-state index in [0.29, 0.717) is 28.1 Å². The van der Waals surface area contributed by atoms with Crippen LogP contribution in [0.3, 0.4) is 0 Å². The normalized spacial score (nSPS) is 11.9. The van der Waals surface area contributed by atoms with Crippen molar-refractivity contribution in [2.45, 2.75) is 19.1 Å². The molecule has 7 heteroatoms. The summed E-state index contributed by atoms with van der Waals surface area (Å²) in [6, 6.07) is 14.1. The highest BCUT2D eigenvalue weighted by Gasteiger charge is 2.11. The summed E-state index contributed by atoms with van der Waals surface area (Å²) in [5, 5.41) is 19.7. The van der Waals surface area contributed by atoms with E-state index in [2.05, 4.69) is 11.1 Å². The van der Waals surface area contributed by atoms with Crippen LogP contribution < -0.4 is 10.3 Å². The van der Waals surface area contributed by atoms with Crippen LogP contribution in [-0.2, 0) is 13.0 Å². The van der Waals surface area contributed by atoms with Gasteiger partial charge in [-0.25, -0.2) is 4.98 Å². The van der Waals surface area contributed by atoms with Crippen molar-refractivity contribution < 1.29 is 9.84 Å². The van der Waals surface area contributed by atoms with E-state index in [4.69, 9.17) is 21.6 Å². The summed E-state index contributed by atoms with van der Waals surface area (Å²) in [4.78, 5) is 16.7. The van der Waals surface area contributed by atoms with Crippen LogP contribution in [0.25, 0.3) is 10.9 Å². The number of aliphatic hydroxyl groups excluding tert-OH is 1. The summed E-state index contributed by atoms with van der Waals surface area (Å²) in [7, 11) is 0. The number of aromatic nitrogens is 2. The van der Waals surface area contributed by atoms with Gasteiger partial charge < -0.3 is 9.84 Å². The standard InChI is InChI=1S/C19H16ClN3O3/c20-14-3-6-18-17(9-14)19(25)23(12-22-18)10-15(24)11-26-16-4-1-13(2-5-16)7-8-21/h1-6,9,12,15,24H,7,10-11H2/t15-/m0/s1. The van der Waals surface area contributed by atoms with Crippen molar-refractivity contribution in [2.24, 2.45) is 0 Å². The molecule has 132 valence electrons. The number of benzene rings is 2. The van der Waals surface area contributed by atoms with Gasteiger partial charge in [0, 0.05) is 5.02 Å². The first-order chi connectivity index (χ1) is 12.6. The minimum Gasteiger partial charge on any atom is -0.491 e. The monoisotopic (exact) mass is 369 g/mol. The lowest BCUT2D eigenvalue weighted by molar-refractivity contribution is 0.0915. The largest absolute Gasteiger partial charge is 0.491 e. The van der Waals surface area contributed by atoms with Crippen LogP contribution in [0.1, 0.15) is 5.56 Å². The number of rotatable bonds is 6. The number of halogens is 1. The number of nitriles is 1. The van der Waals surface area contributed by atoms with Crippen molar-refractivity contribution in [3.05, 3.63) is 69.7 Å². The Morgan fingerprint density at radius 3 is 2.77 bits per heavy atom. The number of aliphatic hydroxyl groups is 1. The molecule has 6 nitrogen and oxygen atoms in total. The zero-order chi connectivity index (χ0) is 18.5. The Morgan fingerprint density at radius 1 is 1.27 bits per heavy atom. The molecule has 1 atom stereocenters. The molecule has 1 N–H and O–H groups in total. The fraction of sp³-hybridized carbons (Fsp3) is 0.211. The molecule has 0 aliphatic heterocycles.